The van der Waals surface area contributed by atoms with Gasteiger partial charge >= 0.3 is 0 Å². The number of anilines is 3. The number of rotatable bonds is 5. The van der Waals surface area contributed by atoms with E-state index < -0.39 is 0 Å². The first kappa shape index (κ1) is 27.2. The Balaban J connectivity index is 1.46. The maximum atomic E-state index is 2.48. The second-order valence-electron chi connectivity index (χ2n) is 12.7. The molecule has 216 valence electrons. The van der Waals surface area contributed by atoms with Crippen molar-refractivity contribution in [3.05, 3.63) is 174 Å². The summed E-state index contributed by atoms with van der Waals surface area (Å²) in [4.78, 5) is 2.41. The van der Waals surface area contributed by atoms with Gasteiger partial charge in [0.25, 0.3) is 0 Å². The number of para-hydroxylation sites is 2. The van der Waals surface area contributed by atoms with E-state index in [1.807, 2.05) is 0 Å². The van der Waals surface area contributed by atoms with Gasteiger partial charge in [0.1, 0.15) is 0 Å². The quantitative estimate of drug-likeness (QED) is 0.197. The Hall–Kier alpha value is -5.40. The topological polar surface area (TPSA) is 3.24 Å². The lowest BCUT2D eigenvalue weighted by atomic mass is 9.80. The van der Waals surface area contributed by atoms with Gasteiger partial charge in [0.15, 0.2) is 0 Å². The molecular weight excluding hydrogens is 542 g/mol. The van der Waals surface area contributed by atoms with Crippen LogP contribution in [0.3, 0.4) is 0 Å². The van der Waals surface area contributed by atoms with E-state index in [4.69, 9.17) is 0 Å². The van der Waals surface area contributed by atoms with Crippen molar-refractivity contribution in [3.8, 4) is 33.4 Å². The maximum absolute atomic E-state index is 2.48. The van der Waals surface area contributed by atoms with Crippen LogP contribution in [-0.2, 0) is 5.41 Å². The average molecular weight is 578 g/mol. The van der Waals surface area contributed by atoms with Gasteiger partial charge in [0, 0.05) is 22.4 Å². The zero-order valence-electron chi connectivity index (χ0n) is 26.0. The number of nitrogens with zero attached hydrogens (tertiary/aromatic N) is 1. The molecule has 0 fully saturated rings. The fraction of sp³-hybridized carbons (Fsp3) is 0.0909. The predicted octanol–water partition coefficient (Wildman–Crippen LogP) is 12.3. The lowest BCUT2D eigenvalue weighted by Gasteiger charge is -2.29. The van der Waals surface area contributed by atoms with Crippen molar-refractivity contribution in [3.63, 3.8) is 0 Å². The molecule has 7 aromatic carbocycles. The van der Waals surface area contributed by atoms with Crippen LogP contribution in [0.2, 0.25) is 0 Å². The summed E-state index contributed by atoms with van der Waals surface area (Å²) >= 11 is 0. The van der Waals surface area contributed by atoms with E-state index in [1.165, 1.54) is 60.8 Å². The van der Waals surface area contributed by atoms with Crippen molar-refractivity contribution in [1.29, 1.82) is 0 Å². The Bertz CT molecular complexity index is 2140. The molecule has 1 heteroatoms. The SMILES string of the molecule is Cc1cc(-c2c(N(c3ccccc3)c3ccccc3)ccc3ccc(-c4ccccc4)cc23)cc2c1-c1ccccc1C2(C)C. The van der Waals surface area contributed by atoms with Crippen LogP contribution in [0.15, 0.2) is 158 Å². The molecule has 0 heterocycles. The molecule has 1 nitrogen and oxygen atoms in total. The van der Waals surface area contributed by atoms with Gasteiger partial charge in [-0.2, -0.15) is 0 Å². The van der Waals surface area contributed by atoms with Crippen molar-refractivity contribution in [2.45, 2.75) is 26.2 Å². The Kier molecular flexibility index (Phi) is 6.43. The zero-order chi connectivity index (χ0) is 30.5. The molecule has 1 aliphatic carbocycles. The van der Waals surface area contributed by atoms with E-state index in [0.717, 1.165) is 17.1 Å². The fourth-order valence-corrected chi connectivity index (χ4v) is 7.36. The zero-order valence-corrected chi connectivity index (χ0v) is 26.0. The molecule has 0 aromatic heterocycles. The summed E-state index contributed by atoms with van der Waals surface area (Å²) in [5, 5.41) is 2.48. The van der Waals surface area contributed by atoms with Crippen LogP contribution >= 0.6 is 0 Å². The molecule has 0 bridgehead atoms. The Labute approximate surface area is 266 Å². The van der Waals surface area contributed by atoms with Crippen LogP contribution in [0.1, 0.15) is 30.5 Å². The molecule has 8 rings (SSSR count). The highest BCUT2D eigenvalue weighted by molar-refractivity contribution is 6.07. The lowest BCUT2D eigenvalue weighted by molar-refractivity contribution is 0.660. The highest BCUT2D eigenvalue weighted by Gasteiger charge is 2.36. The Morgan fingerprint density at radius 2 is 1.07 bits per heavy atom. The lowest BCUT2D eigenvalue weighted by Crippen LogP contribution is -2.15. The highest BCUT2D eigenvalue weighted by Crippen LogP contribution is 2.53. The first-order valence-corrected chi connectivity index (χ1v) is 15.8. The van der Waals surface area contributed by atoms with Gasteiger partial charge in [-0.1, -0.05) is 129 Å². The van der Waals surface area contributed by atoms with Crippen LogP contribution in [0.4, 0.5) is 17.1 Å². The van der Waals surface area contributed by atoms with E-state index >= 15 is 0 Å². The predicted molar refractivity (Wildman–Crippen MR) is 192 cm³/mol. The summed E-state index contributed by atoms with van der Waals surface area (Å²) in [5.41, 5.74) is 15.1. The largest absolute Gasteiger partial charge is 0.310 e. The minimum atomic E-state index is -0.0921. The van der Waals surface area contributed by atoms with Crippen molar-refractivity contribution >= 4 is 27.8 Å². The Morgan fingerprint density at radius 1 is 0.467 bits per heavy atom. The summed E-state index contributed by atoms with van der Waals surface area (Å²) in [5.74, 6) is 0. The Morgan fingerprint density at radius 3 is 1.76 bits per heavy atom. The molecular formula is C44H35N. The van der Waals surface area contributed by atoms with Gasteiger partial charge in [-0.15, -0.1) is 0 Å². The van der Waals surface area contributed by atoms with E-state index in [2.05, 4.69) is 183 Å². The van der Waals surface area contributed by atoms with Crippen molar-refractivity contribution in [1.82, 2.24) is 0 Å². The third-order valence-corrected chi connectivity index (χ3v) is 9.54. The molecule has 0 saturated heterocycles. The monoisotopic (exact) mass is 577 g/mol. The molecule has 0 N–H and O–H groups in total. The van der Waals surface area contributed by atoms with Gasteiger partial charge in [0.2, 0.25) is 0 Å². The van der Waals surface area contributed by atoms with Crippen molar-refractivity contribution < 1.29 is 0 Å². The standard InChI is InChI=1S/C44H35N/c1-30-27-34(29-40-42(30)37-21-13-14-22-39(37)44(40,2)3)43-38-28-33(31-15-7-4-8-16-31)24-23-32(38)25-26-41(43)45(35-17-9-5-10-18-35)36-19-11-6-12-20-36/h4-29H,1-3H3. The summed E-state index contributed by atoms with van der Waals surface area (Å²) in [6.45, 7) is 7.03. The molecule has 0 spiro atoms. The normalized spacial score (nSPS) is 13.0. The summed E-state index contributed by atoms with van der Waals surface area (Å²) in [6.07, 6.45) is 0. The van der Waals surface area contributed by atoms with Gasteiger partial charge in [0.05, 0.1) is 5.69 Å². The minimum absolute atomic E-state index is 0.0921. The third-order valence-electron chi connectivity index (χ3n) is 9.54. The van der Waals surface area contributed by atoms with Crippen molar-refractivity contribution in [2.24, 2.45) is 0 Å². The second kappa shape index (κ2) is 10.6. The van der Waals surface area contributed by atoms with Gasteiger partial charge < -0.3 is 4.90 Å². The van der Waals surface area contributed by atoms with Crippen LogP contribution in [-0.4, -0.2) is 0 Å². The molecule has 0 radical (unpaired) electrons. The smallest absolute Gasteiger partial charge is 0.0546 e. The number of benzene rings is 7. The molecule has 45 heavy (non-hydrogen) atoms. The summed E-state index contributed by atoms with van der Waals surface area (Å²) in [7, 11) is 0. The van der Waals surface area contributed by atoms with E-state index in [0.29, 0.717) is 0 Å². The van der Waals surface area contributed by atoms with E-state index in [-0.39, 0.29) is 5.41 Å². The summed E-state index contributed by atoms with van der Waals surface area (Å²) in [6, 6.07) is 57.5. The molecule has 7 aromatic rings. The number of hydrogen-bond acceptors (Lipinski definition) is 1. The first-order chi connectivity index (χ1) is 22.0. The van der Waals surface area contributed by atoms with Gasteiger partial charge in [-0.3, -0.25) is 0 Å². The molecule has 0 unspecified atom stereocenters. The third kappa shape index (κ3) is 4.47. The van der Waals surface area contributed by atoms with Crippen LogP contribution in [0.25, 0.3) is 44.2 Å². The molecule has 1 aliphatic rings. The average Bonchev–Trinajstić information content (AvgIpc) is 3.32. The van der Waals surface area contributed by atoms with Crippen LogP contribution < -0.4 is 4.90 Å². The van der Waals surface area contributed by atoms with Crippen LogP contribution in [0, 0.1) is 6.92 Å². The highest BCUT2D eigenvalue weighted by atomic mass is 15.1. The van der Waals surface area contributed by atoms with Gasteiger partial charge in [-0.05, 0) is 105 Å². The molecule has 0 amide bonds. The number of aryl methyl sites for hydroxylation is 1. The van der Waals surface area contributed by atoms with Gasteiger partial charge in [-0.25, -0.2) is 0 Å². The van der Waals surface area contributed by atoms with Crippen molar-refractivity contribution in [2.75, 3.05) is 4.90 Å². The van der Waals surface area contributed by atoms with E-state index in [1.54, 1.807) is 0 Å². The number of fused-ring (bicyclic) bond motifs is 4. The van der Waals surface area contributed by atoms with Crippen LogP contribution in [0.5, 0.6) is 0 Å². The maximum Gasteiger partial charge on any atom is 0.0546 e. The minimum Gasteiger partial charge on any atom is -0.310 e. The summed E-state index contributed by atoms with van der Waals surface area (Å²) < 4.78 is 0. The fourth-order valence-electron chi connectivity index (χ4n) is 7.36. The first-order valence-electron chi connectivity index (χ1n) is 15.8. The van der Waals surface area contributed by atoms with E-state index in [9.17, 15) is 0 Å². The number of hydrogen-bond donors (Lipinski definition) is 0. The molecule has 0 aliphatic heterocycles. The molecule has 0 saturated carbocycles. The second-order valence-corrected chi connectivity index (χ2v) is 12.7. The molecule has 0 atom stereocenters.